The van der Waals surface area contributed by atoms with Gasteiger partial charge in [0.15, 0.2) is 0 Å². The van der Waals surface area contributed by atoms with Crippen molar-refractivity contribution in [3.05, 3.63) is 53.6 Å². The van der Waals surface area contributed by atoms with Crippen molar-refractivity contribution in [2.75, 3.05) is 11.1 Å². The summed E-state index contributed by atoms with van der Waals surface area (Å²) in [5.41, 5.74) is 10.5. The molecule has 3 aromatic rings. The molecule has 3 N–H and O–H groups in total. The number of hydrogen-bond acceptors (Lipinski definition) is 4. The van der Waals surface area contributed by atoms with Crippen molar-refractivity contribution in [2.45, 2.75) is 18.9 Å². The Morgan fingerprint density at radius 2 is 2.10 bits per heavy atom. The zero-order chi connectivity index (χ0) is 13.5. The summed E-state index contributed by atoms with van der Waals surface area (Å²) in [6, 6.07) is 14.9. The predicted octanol–water partition coefficient (Wildman–Crippen LogP) is 3.98. The molecule has 0 saturated carbocycles. The molecule has 0 amide bonds. The van der Waals surface area contributed by atoms with Crippen LogP contribution in [0.25, 0.3) is 10.9 Å². The number of benzene rings is 2. The van der Waals surface area contributed by atoms with Crippen molar-refractivity contribution >= 4 is 33.1 Å². The van der Waals surface area contributed by atoms with E-state index in [0.29, 0.717) is 6.04 Å². The molecule has 4 rings (SSSR count). The normalized spacial score (nSPS) is 17.3. The van der Waals surface area contributed by atoms with Gasteiger partial charge in [0.05, 0.1) is 11.6 Å². The molecule has 4 heteroatoms. The zero-order valence-corrected chi connectivity index (χ0v) is 11.8. The second-order valence-corrected chi connectivity index (χ2v) is 6.00. The number of aryl methyl sites for hydroxylation is 1. The van der Waals surface area contributed by atoms with E-state index in [-0.39, 0.29) is 0 Å². The summed E-state index contributed by atoms with van der Waals surface area (Å²) in [6.45, 7) is 0. The van der Waals surface area contributed by atoms with Gasteiger partial charge in [-0.3, -0.25) is 0 Å². The summed E-state index contributed by atoms with van der Waals surface area (Å²) in [5, 5.41) is 6.03. The predicted molar refractivity (Wildman–Crippen MR) is 85.2 cm³/mol. The molecule has 1 aromatic heterocycles. The fourth-order valence-corrected chi connectivity index (χ4v) is 3.75. The number of aromatic nitrogens is 1. The van der Waals surface area contributed by atoms with Gasteiger partial charge in [0.2, 0.25) is 0 Å². The molecule has 0 bridgehead atoms. The third-order valence-electron chi connectivity index (χ3n) is 3.93. The zero-order valence-electron chi connectivity index (χ0n) is 11.0. The molecule has 1 heterocycles. The van der Waals surface area contributed by atoms with E-state index in [1.165, 1.54) is 16.5 Å². The van der Waals surface area contributed by atoms with E-state index in [9.17, 15) is 0 Å². The SMILES string of the molecule is Nc1ccc2c(c1)CCC2Nc1snc2ccccc12. The van der Waals surface area contributed by atoms with Crippen LogP contribution >= 0.6 is 11.5 Å². The first-order chi connectivity index (χ1) is 9.81. The molecule has 2 aromatic carbocycles. The summed E-state index contributed by atoms with van der Waals surface area (Å²) >= 11 is 1.54. The summed E-state index contributed by atoms with van der Waals surface area (Å²) in [7, 11) is 0. The van der Waals surface area contributed by atoms with Crippen LogP contribution in [-0.4, -0.2) is 4.37 Å². The molecule has 3 nitrogen and oxygen atoms in total. The fourth-order valence-electron chi connectivity index (χ4n) is 2.94. The number of nitrogens with zero attached hydrogens (tertiary/aromatic N) is 1. The Hall–Kier alpha value is -2.07. The van der Waals surface area contributed by atoms with Crippen LogP contribution in [0.2, 0.25) is 0 Å². The van der Waals surface area contributed by atoms with Crippen LogP contribution in [0.1, 0.15) is 23.6 Å². The molecule has 1 aliphatic rings. The first-order valence-corrected chi connectivity index (χ1v) is 7.58. The minimum Gasteiger partial charge on any atom is -0.399 e. The molecule has 0 aliphatic heterocycles. The highest BCUT2D eigenvalue weighted by Gasteiger charge is 2.23. The molecule has 0 fully saturated rings. The second kappa shape index (κ2) is 4.49. The summed E-state index contributed by atoms with van der Waals surface area (Å²) < 4.78 is 4.49. The lowest BCUT2D eigenvalue weighted by Crippen LogP contribution is -2.06. The van der Waals surface area contributed by atoms with Gasteiger partial charge in [-0.15, -0.1) is 0 Å². The topological polar surface area (TPSA) is 50.9 Å². The van der Waals surface area contributed by atoms with Gasteiger partial charge in [0.25, 0.3) is 0 Å². The standard InChI is InChI=1S/C16H15N3S/c17-11-6-7-12-10(9-11)5-8-14(12)18-16-13-3-1-2-4-15(13)19-20-16/h1-4,6-7,9,14,18H,5,8,17H2. The van der Waals surface area contributed by atoms with E-state index in [4.69, 9.17) is 5.73 Å². The number of nitrogens with one attached hydrogen (secondary N) is 1. The van der Waals surface area contributed by atoms with Gasteiger partial charge in [0.1, 0.15) is 5.00 Å². The third kappa shape index (κ3) is 1.84. The maximum Gasteiger partial charge on any atom is 0.117 e. The lowest BCUT2D eigenvalue weighted by Gasteiger charge is -2.14. The number of nitrogen functional groups attached to an aromatic ring is 1. The molecule has 20 heavy (non-hydrogen) atoms. The van der Waals surface area contributed by atoms with Crippen LogP contribution < -0.4 is 11.1 Å². The van der Waals surface area contributed by atoms with Crippen LogP contribution in [0, 0.1) is 0 Å². The molecule has 1 atom stereocenters. The van der Waals surface area contributed by atoms with Gasteiger partial charge in [-0.05, 0) is 59.8 Å². The van der Waals surface area contributed by atoms with Crippen molar-refractivity contribution < 1.29 is 0 Å². The lowest BCUT2D eigenvalue weighted by atomic mass is 10.1. The Morgan fingerprint density at radius 1 is 1.20 bits per heavy atom. The van der Waals surface area contributed by atoms with Crippen LogP contribution in [0.15, 0.2) is 42.5 Å². The van der Waals surface area contributed by atoms with E-state index in [1.54, 1.807) is 11.5 Å². The summed E-state index contributed by atoms with van der Waals surface area (Å²) in [5.74, 6) is 0. The minimum absolute atomic E-state index is 0.370. The lowest BCUT2D eigenvalue weighted by molar-refractivity contribution is 0.765. The van der Waals surface area contributed by atoms with Crippen LogP contribution in [-0.2, 0) is 6.42 Å². The highest BCUT2D eigenvalue weighted by atomic mass is 32.1. The van der Waals surface area contributed by atoms with Gasteiger partial charge in [0, 0.05) is 11.1 Å². The average Bonchev–Trinajstić information content (AvgIpc) is 3.04. The van der Waals surface area contributed by atoms with Crippen molar-refractivity contribution in [3.63, 3.8) is 0 Å². The quantitative estimate of drug-likeness (QED) is 0.699. The maximum atomic E-state index is 5.86. The highest BCUT2D eigenvalue weighted by molar-refractivity contribution is 7.11. The Bertz CT molecular complexity index is 778. The molecule has 0 spiro atoms. The Labute approximate surface area is 121 Å². The van der Waals surface area contributed by atoms with Gasteiger partial charge < -0.3 is 11.1 Å². The highest BCUT2D eigenvalue weighted by Crippen LogP contribution is 2.37. The van der Waals surface area contributed by atoms with Crippen molar-refractivity contribution in [1.29, 1.82) is 0 Å². The van der Waals surface area contributed by atoms with Crippen molar-refractivity contribution in [1.82, 2.24) is 4.37 Å². The molecule has 0 saturated heterocycles. The third-order valence-corrected chi connectivity index (χ3v) is 4.74. The van der Waals surface area contributed by atoms with Gasteiger partial charge >= 0.3 is 0 Å². The van der Waals surface area contributed by atoms with Crippen LogP contribution in [0.4, 0.5) is 10.7 Å². The molecular weight excluding hydrogens is 266 g/mol. The van der Waals surface area contributed by atoms with E-state index in [1.807, 2.05) is 12.1 Å². The number of hydrogen-bond donors (Lipinski definition) is 2. The van der Waals surface area contributed by atoms with Gasteiger partial charge in [-0.25, -0.2) is 0 Å². The van der Waals surface area contributed by atoms with E-state index < -0.39 is 0 Å². The van der Waals surface area contributed by atoms with Crippen molar-refractivity contribution in [3.8, 4) is 0 Å². The summed E-state index contributed by atoms with van der Waals surface area (Å²) in [6.07, 6.45) is 2.21. The fraction of sp³-hybridized carbons (Fsp3) is 0.188. The largest absolute Gasteiger partial charge is 0.399 e. The van der Waals surface area contributed by atoms with Crippen molar-refractivity contribution in [2.24, 2.45) is 0 Å². The smallest absolute Gasteiger partial charge is 0.117 e. The molecule has 1 unspecified atom stereocenters. The van der Waals surface area contributed by atoms with E-state index >= 15 is 0 Å². The Balaban J connectivity index is 1.68. The second-order valence-electron chi connectivity index (χ2n) is 5.22. The minimum atomic E-state index is 0.370. The Morgan fingerprint density at radius 3 is 3.05 bits per heavy atom. The van der Waals surface area contributed by atoms with Gasteiger partial charge in [-0.2, -0.15) is 4.37 Å². The molecule has 1 aliphatic carbocycles. The Kier molecular flexibility index (Phi) is 2.63. The van der Waals surface area contributed by atoms with Crippen LogP contribution in [0.3, 0.4) is 0 Å². The van der Waals surface area contributed by atoms with E-state index in [2.05, 4.69) is 40.0 Å². The van der Waals surface area contributed by atoms with Crippen LogP contribution in [0.5, 0.6) is 0 Å². The number of fused-ring (bicyclic) bond motifs is 2. The van der Waals surface area contributed by atoms with Gasteiger partial charge in [-0.1, -0.05) is 18.2 Å². The monoisotopic (exact) mass is 281 g/mol. The number of nitrogens with two attached hydrogens (primary N) is 1. The maximum absolute atomic E-state index is 5.86. The first-order valence-electron chi connectivity index (χ1n) is 6.80. The number of rotatable bonds is 2. The van der Waals surface area contributed by atoms with E-state index in [0.717, 1.165) is 29.0 Å². The summed E-state index contributed by atoms with van der Waals surface area (Å²) in [4.78, 5) is 0. The number of anilines is 2. The molecule has 100 valence electrons. The first kappa shape index (κ1) is 11.7. The average molecular weight is 281 g/mol. The molecule has 0 radical (unpaired) electrons. The molecular formula is C16H15N3S.